The Balaban J connectivity index is 1.10. The van der Waals surface area contributed by atoms with Gasteiger partial charge in [0.1, 0.15) is 0 Å². The van der Waals surface area contributed by atoms with Crippen LogP contribution in [0.15, 0.2) is 132 Å². The van der Waals surface area contributed by atoms with E-state index < -0.39 is 0 Å². The molecule has 1 unspecified atom stereocenters. The molecule has 3 heterocycles. The molecular formula is C36H26N2S. The van der Waals surface area contributed by atoms with Crippen LogP contribution in [0.2, 0.25) is 0 Å². The average Bonchev–Trinajstić information content (AvgIpc) is 3.66. The van der Waals surface area contributed by atoms with Crippen molar-refractivity contribution in [3.05, 3.63) is 138 Å². The lowest BCUT2D eigenvalue weighted by molar-refractivity contribution is 0.844. The molecular weight excluding hydrogens is 492 g/mol. The quantitative estimate of drug-likeness (QED) is 0.202. The summed E-state index contributed by atoms with van der Waals surface area (Å²) in [4.78, 5) is 4.97. The molecule has 4 aromatic carbocycles. The Hall–Kier alpha value is -4.47. The monoisotopic (exact) mass is 518 g/mol. The Kier molecular flexibility index (Phi) is 5.07. The summed E-state index contributed by atoms with van der Waals surface area (Å²) >= 11 is 1.79. The third-order valence-corrected chi connectivity index (χ3v) is 9.21. The number of aromatic nitrogens is 1. The lowest BCUT2D eigenvalue weighted by Gasteiger charge is -2.16. The Morgan fingerprint density at radius 2 is 1.64 bits per heavy atom. The van der Waals surface area contributed by atoms with E-state index in [4.69, 9.17) is 4.99 Å². The van der Waals surface area contributed by atoms with Crippen molar-refractivity contribution >= 4 is 65.2 Å². The van der Waals surface area contributed by atoms with E-state index in [1.165, 1.54) is 59.3 Å². The third-order valence-electron chi connectivity index (χ3n) is 8.20. The predicted octanol–water partition coefficient (Wildman–Crippen LogP) is 9.85. The van der Waals surface area contributed by atoms with Crippen molar-refractivity contribution in [1.29, 1.82) is 0 Å². The average molecular weight is 519 g/mol. The van der Waals surface area contributed by atoms with E-state index in [0.29, 0.717) is 5.92 Å². The molecule has 3 aromatic heterocycles. The summed E-state index contributed by atoms with van der Waals surface area (Å²) in [5.41, 5.74) is 8.59. The van der Waals surface area contributed by atoms with Crippen LogP contribution in [0.25, 0.3) is 48.2 Å². The predicted molar refractivity (Wildman–Crippen MR) is 169 cm³/mol. The first kappa shape index (κ1) is 22.5. The Labute approximate surface area is 230 Å². The molecule has 0 fully saturated rings. The van der Waals surface area contributed by atoms with Crippen molar-refractivity contribution in [2.45, 2.75) is 18.8 Å². The molecule has 0 N–H and O–H groups in total. The minimum atomic E-state index is 0.346. The zero-order valence-corrected chi connectivity index (χ0v) is 22.3. The van der Waals surface area contributed by atoms with Crippen molar-refractivity contribution < 1.29 is 0 Å². The van der Waals surface area contributed by atoms with E-state index >= 15 is 0 Å². The van der Waals surface area contributed by atoms with E-state index in [9.17, 15) is 0 Å². The van der Waals surface area contributed by atoms with E-state index in [1.54, 1.807) is 11.3 Å². The minimum absolute atomic E-state index is 0.346. The van der Waals surface area contributed by atoms with Gasteiger partial charge >= 0.3 is 0 Å². The number of rotatable bonds is 5. The molecule has 0 amide bonds. The number of allylic oxidation sites excluding steroid dienone is 4. The van der Waals surface area contributed by atoms with Crippen LogP contribution in [0.4, 0.5) is 0 Å². The summed E-state index contributed by atoms with van der Waals surface area (Å²) in [5, 5.41) is 8.88. The molecule has 3 heteroatoms. The molecule has 39 heavy (non-hydrogen) atoms. The highest BCUT2D eigenvalue weighted by molar-refractivity contribution is 7.17. The van der Waals surface area contributed by atoms with Crippen molar-refractivity contribution in [2.75, 3.05) is 0 Å². The Morgan fingerprint density at radius 3 is 2.49 bits per heavy atom. The first-order valence-corrected chi connectivity index (χ1v) is 14.4. The van der Waals surface area contributed by atoms with Crippen LogP contribution in [0.1, 0.15) is 23.5 Å². The standard InChI is InChI=1S/C36H26N2S/c1-2-26(20-25-22-39-35-13-6-4-8-28(25)35)37-27-17-14-23(15-18-27)24-16-19-34-32(21-24)31-11-7-10-30-29-9-3-5-12-33(29)38(34)36(30)31/h2-14,16-19,21-23H,1,15,20H2. The number of aliphatic imine (C=N–C) groups is 1. The number of para-hydroxylation sites is 2. The maximum absolute atomic E-state index is 4.97. The molecule has 186 valence electrons. The lowest BCUT2D eigenvalue weighted by atomic mass is 9.90. The van der Waals surface area contributed by atoms with Gasteiger partial charge < -0.3 is 4.40 Å². The molecule has 0 spiro atoms. The number of hydrogen-bond acceptors (Lipinski definition) is 2. The van der Waals surface area contributed by atoms with E-state index in [-0.39, 0.29) is 0 Å². The van der Waals surface area contributed by atoms with Gasteiger partial charge in [-0.25, -0.2) is 0 Å². The fourth-order valence-corrected chi connectivity index (χ4v) is 7.27. The van der Waals surface area contributed by atoms with Gasteiger partial charge in [0.25, 0.3) is 0 Å². The summed E-state index contributed by atoms with van der Waals surface area (Å²) in [6, 6.07) is 31.0. The van der Waals surface area contributed by atoms with Crippen LogP contribution < -0.4 is 0 Å². The maximum atomic E-state index is 4.97. The van der Waals surface area contributed by atoms with Crippen LogP contribution in [0.3, 0.4) is 0 Å². The number of nitrogens with zero attached hydrogens (tertiary/aromatic N) is 2. The second-order valence-corrected chi connectivity index (χ2v) is 11.3. The summed E-state index contributed by atoms with van der Waals surface area (Å²) < 4.78 is 3.76. The molecule has 0 radical (unpaired) electrons. The van der Waals surface area contributed by atoms with Crippen molar-refractivity contribution in [3.8, 4) is 0 Å². The van der Waals surface area contributed by atoms with E-state index in [1.807, 2.05) is 6.08 Å². The SMILES string of the molecule is C=CC(Cc1csc2ccccc12)=NC1=CCC(c2ccc3c(c2)c2cccc4c5ccccc5n3c42)C=C1. The number of benzene rings is 4. The molecule has 0 saturated heterocycles. The lowest BCUT2D eigenvalue weighted by Crippen LogP contribution is -2.02. The van der Waals surface area contributed by atoms with Gasteiger partial charge in [-0.05, 0) is 64.7 Å². The third kappa shape index (κ3) is 3.50. The van der Waals surface area contributed by atoms with Crippen molar-refractivity contribution in [2.24, 2.45) is 4.99 Å². The Bertz CT molecular complexity index is 2150. The molecule has 2 nitrogen and oxygen atoms in total. The van der Waals surface area contributed by atoms with Crippen LogP contribution >= 0.6 is 11.3 Å². The summed E-state index contributed by atoms with van der Waals surface area (Å²) in [6.07, 6.45) is 10.4. The number of hydrogen-bond donors (Lipinski definition) is 0. The molecule has 7 aromatic rings. The second kappa shape index (κ2) is 8.79. The summed E-state index contributed by atoms with van der Waals surface area (Å²) in [6.45, 7) is 4.05. The first-order chi connectivity index (χ1) is 19.3. The fourth-order valence-electron chi connectivity index (χ4n) is 6.31. The van der Waals surface area contributed by atoms with Gasteiger partial charge in [0.15, 0.2) is 0 Å². The highest BCUT2D eigenvalue weighted by Crippen LogP contribution is 2.40. The van der Waals surface area contributed by atoms with Crippen LogP contribution in [0.5, 0.6) is 0 Å². The fraction of sp³-hybridized carbons (Fsp3) is 0.0833. The van der Waals surface area contributed by atoms with Gasteiger partial charge in [-0.2, -0.15) is 0 Å². The molecule has 0 bridgehead atoms. The van der Waals surface area contributed by atoms with Gasteiger partial charge in [0.05, 0.1) is 22.2 Å². The summed E-state index contributed by atoms with van der Waals surface area (Å²) in [7, 11) is 0. The van der Waals surface area contributed by atoms with Gasteiger partial charge in [-0.1, -0.05) is 79.4 Å². The molecule has 0 saturated carbocycles. The van der Waals surface area contributed by atoms with Gasteiger partial charge in [-0.15, -0.1) is 11.3 Å². The van der Waals surface area contributed by atoms with Gasteiger partial charge in [0, 0.05) is 44.3 Å². The summed E-state index contributed by atoms with van der Waals surface area (Å²) in [5.74, 6) is 0.346. The highest BCUT2D eigenvalue weighted by atomic mass is 32.1. The molecule has 1 aliphatic rings. The van der Waals surface area contributed by atoms with Crippen LogP contribution in [0, 0.1) is 0 Å². The molecule has 1 aliphatic carbocycles. The first-order valence-electron chi connectivity index (χ1n) is 13.5. The zero-order chi connectivity index (χ0) is 25.9. The normalized spacial score (nSPS) is 16.3. The van der Waals surface area contributed by atoms with Crippen molar-refractivity contribution in [3.63, 3.8) is 0 Å². The molecule has 8 rings (SSSR count). The highest BCUT2D eigenvalue weighted by Gasteiger charge is 2.19. The Morgan fingerprint density at radius 1 is 0.872 bits per heavy atom. The number of fused-ring (bicyclic) bond motifs is 7. The van der Waals surface area contributed by atoms with Crippen molar-refractivity contribution in [1.82, 2.24) is 4.40 Å². The second-order valence-electron chi connectivity index (χ2n) is 10.4. The maximum Gasteiger partial charge on any atom is 0.0620 e. The van der Waals surface area contributed by atoms with Gasteiger partial charge in [-0.3, -0.25) is 4.99 Å². The smallest absolute Gasteiger partial charge is 0.0620 e. The number of thiophene rings is 1. The van der Waals surface area contributed by atoms with Crippen LogP contribution in [-0.4, -0.2) is 10.1 Å². The largest absolute Gasteiger partial charge is 0.308 e. The van der Waals surface area contributed by atoms with Gasteiger partial charge in [0.2, 0.25) is 0 Å². The van der Waals surface area contributed by atoms with E-state index in [2.05, 4.69) is 120 Å². The minimum Gasteiger partial charge on any atom is -0.308 e. The molecule has 1 atom stereocenters. The van der Waals surface area contributed by atoms with E-state index in [0.717, 1.165) is 24.3 Å². The van der Waals surface area contributed by atoms with Crippen LogP contribution in [-0.2, 0) is 6.42 Å². The molecule has 0 aliphatic heterocycles. The topological polar surface area (TPSA) is 16.8 Å². The zero-order valence-electron chi connectivity index (χ0n) is 21.5.